The number of sulfone groups is 1. The van der Waals surface area contributed by atoms with E-state index in [4.69, 9.17) is 5.11 Å². The zero-order valence-corrected chi connectivity index (χ0v) is 10.1. The summed E-state index contributed by atoms with van der Waals surface area (Å²) in [5.41, 5.74) is 0.103. The minimum absolute atomic E-state index is 0.000935. The molecule has 0 fully saturated rings. The third-order valence-corrected chi connectivity index (χ3v) is 4.17. The molecular formula is C12H10FNO3S. The van der Waals surface area contributed by atoms with Gasteiger partial charge >= 0.3 is 0 Å². The van der Waals surface area contributed by atoms with Crippen LogP contribution in [-0.4, -0.2) is 18.5 Å². The van der Waals surface area contributed by atoms with Gasteiger partial charge in [0.15, 0.2) is 5.82 Å². The van der Waals surface area contributed by atoms with Gasteiger partial charge in [-0.2, -0.15) is 0 Å². The van der Waals surface area contributed by atoms with Crippen LogP contribution in [0.1, 0.15) is 5.69 Å². The number of benzene rings is 1. The Morgan fingerprint density at radius 1 is 1.22 bits per heavy atom. The zero-order valence-electron chi connectivity index (χ0n) is 9.25. The van der Waals surface area contributed by atoms with Crippen LogP contribution >= 0.6 is 0 Å². The van der Waals surface area contributed by atoms with Gasteiger partial charge in [-0.15, -0.1) is 0 Å². The van der Waals surface area contributed by atoms with Crippen molar-refractivity contribution in [1.29, 1.82) is 0 Å². The summed E-state index contributed by atoms with van der Waals surface area (Å²) in [6.45, 7) is -0.447. The Labute approximate surface area is 104 Å². The predicted octanol–water partition coefficient (Wildman–Crippen LogP) is 1.55. The summed E-state index contributed by atoms with van der Waals surface area (Å²) in [4.78, 5) is 3.10. The van der Waals surface area contributed by atoms with Crippen LogP contribution < -0.4 is 0 Å². The molecule has 1 aromatic carbocycles. The van der Waals surface area contributed by atoms with Crippen molar-refractivity contribution in [2.75, 3.05) is 0 Å². The molecule has 0 aliphatic carbocycles. The molecule has 0 unspecified atom stereocenters. The maximum absolute atomic E-state index is 13.6. The van der Waals surface area contributed by atoms with Crippen LogP contribution in [0, 0.1) is 5.82 Å². The summed E-state index contributed by atoms with van der Waals surface area (Å²) >= 11 is 0. The average Bonchev–Trinajstić information content (AvgIpc) is 2.40. The van der Waals surface area contributed by atoms with Gasteiger partial charge in [-0.05, 0) is 18.2 Å². The highest BCUT2D eigenvalue weighted by molar-refractivity contribution is 7.91. The van der Waals surface area contributed by atoms with Crippen LogP contribution in [0.4, 0.5) is 4.39 Å². The number of halogens is 1. The summed E-state index contributed by atoms with van der Waals surface area (Å²) in [7, 11) is -3.93. The molecule has 6 heteroatoms. The fourth-order valence-corrected chi connectivity index (χ4v) is 2.85. The minimum atomic E-state index is -3.93. The molecule has 0 aliphatic rings. The van der Waals surface area contributed by atoms with Crippen LogP contribution in [-0.2, 0) is 16.4 Å². The maximum atomic E-state index is 13.6. The smallest absolute Gasteiger partial charge is 0.209 e. The second-order valence-corrected chi connectivity index (χ2v) is 5.50. The van der Waals surface area contributed by atoms with E-state index in [9.17, 15) is 12.8 Å². The zero-order chi connectivity index (χ0) is 13.2. The molecule has 0 saturated carbocycles. The molecule has 1 aromatic heterocycles. The van der Waals surface area contributed by atoms with Crippen LogP contribution in [0.3, 0.4) is 0 Å². The first kappa shape index (κ1) is 12.7. The predicted molar refractivity (Wildman–Crippen MR) is 62.0 cm³/mol. The molecule has 2 aromatic rings. The summed E-state index contributed by atoms with van der Waals surface area (Å²) in [6.07, 6.45) is 0.793. The summed E-state index contributed by atoms with van der Waals surface area (Å²) in [5.74, 6) is -0.934. The molecule has 18 heavy (non-hydrogen) atoms. The third kappa shape index (κ3) is 2.25. The molecule has 2 rings (SSSR count). The van der Waals surface area contributed by atoms with Crippen LogP contribution in [0.2, 0.25) is 0 Å². The van der Waals surface area contributed by atoms with Crippen molar-refractivity contribution in [2.45, 2.75) is 16.4 Å². The number of hydrogen-bond donors (Lipinski definition) is 1. The lowest BCUT2D eigenvalue weighted by molar-refractivity contribution is 0.276. The molecule has 1 heterocycles. The van der Waals surface area contributed by atoms with Gasteiger partial charge in [-0.3, -0.25) is 4.98 Å². The van der Waals surface area contributed by atoms with Crippen molar-refractivity contribution in [3.05, 3.63) is 54.1 Å². The van der Waals surface area contributed by atoms with E-state index in [0.717, 1.165) is 12.3 Å². The SMILES string of the molecule is O=S(=O)(c1ccccc1)c1cc(CO)ncc1F. The first-order valence-corrected chi connectivity index (χ1v) is 6.59. The second kappa shape index (κ2) is 4.83. The molecular weight excluding hydrogens is 257 g/mol. The van der Waals surface area contributed by atoms with Gasteiger partial charge in [0.25, 0.3) is 0 Å². The fourth-order valence-electron chi connectivity index (χ4n) is 1.48. The Bertz CT molecular complexity index is 656. The number of aromatic nitrogens is 1. The van der Waals surface area contributed by atoms with Gasteiger partial charge in [0.05, 0.1) is 23.4 Å². The van der Waals surface area contributed by atoms with E-state index in [1.807, 2.05) is 0 Å². The van der Waals surface area contributed by atoms with Gasteiger partial charge < -0.3 is 5.11 Å². The van der Waals surface area contributed by atoms with E-state index in [1.54, 1.807) is 18.2 Å². The van der Waals surface area contributed by atoms with Crippen molar-refractivity contribution in [3.63, 3.8) is 0 Å². The van der Waals surface area contributed by atoms with Gasteiger partial charge in [0.1, 0.15) is 4.90 Å². The van der Waals surface area contributed by atoms with Crippen molar-refractivity contribution in [3.8, 4) is 0 Å². The number of hydrogen-bond acceptors (Lipinski definition) is 4. The van der Waals surface area contributed by atoms with Gasteiger partial charge in [-0.25, -0.2) is 12.8 Å². The lowest BCUT2D eigenvalue weighted by Gasteiger charge is -2.06. The number of aliphatic hydroxyl groups is 1. The Morgan fingerprint density at radius 3 is 2.50 bits per heavy atom. The van der Waals surface area contributed by atoms with E-state index in [1.165, 1.54) is 12.1 Å². The highest BCUT2D eigenvalue weighted by Crippen LogP contribution is 2.23. The third-order valence-electron chi connectivity index (χ3n) is 2.38. The average molecular weight is 267 g/mol. The highest BCUT2D eigenvalue weighted by Gasteiger charge is 2.22. The lowest BCUT2D eigenvalue weighted by atomic mass is 10.3. The van der Waals surface area contributed by atoms with Crippen LogP contribution in [0.15, 0.2) is 52.4 Å². The van der Waals surface area contributed by atoms with E-state index in [0.29, 0.717) is 0 Å². The molecule has 4 nitrogen and oxygen atoms in total. The van der Waals surface area contributed by atoms with E-state index >= 15 is 0 Å². The molecule has 0 saturated heterocycles. The normalized spacial score (nSPS) is 11.4. The molecule has 1 N–H and O–H groups in total. The quantitative estimate of drug-likeness (QED) is 0.916. The summed E-state index contributed by atoms with van der Waals surface area (Å²) < 4.78 is 37.9. The molecule has 0 amide bonds. The van der Waals surface area contributed by atoms with Crippen LogP contribution in [0.5, 0.6) is 0 Å². The van der Waals surface area contributed by atoms with Gasteiger partial charge in [-0.1, -0.05) is 18.2 Å². The topological polar surface area (TPSA) is 67.3 Å². The summed E-state index contributed by atoms with van der Waals surface area (Å²) in [6, 6.07) is 8.58. The number of pyridine rings is 1. The second-order valence-electron chi connectivity index (χ2n) is 3.58. The monoisotopic (exact) mass is 267 g/mol. The Balaban J connectivity index is 2.61. The molecule has 0 spiro atoms. The van der Waals surface area contributed by atoms with E-state index < -0.39 is 27.2 Å². The number of aliphatic hydroxyl groups excluding tert-OH is 1. The van der Waals surface area contributed by atoms with E-state index in [-0.39, 0.29) is 10.6 Å². The molecule has 0 bridgehead atoms. The Morgan fingerprint density at radius 2 is 1.89 bits per heavy atom. The number of rotatable bonds is 3. The molecule has 94 valence electrons. The standard InChI is InChI=1S/C12H10FNO3S/c13-11-7-14-9(8-15)6-12(11)18(16,17)10-4-2-1-3-5-10/h1-7,15H,8H2. The Hall–Kier alpha value is -1.79. The molecule has 0 aliphatic heterocycles. The first-order chi connectivity index (χ1) is 8.55. The Kier molecular flexibility index (Phi) is 3.40. The van der Waals surface area contributed by atoms with Gasteiger partial charge in [0.2, 0.25) is 9.84 Å². The minimum Gasteiger partial charge on any atom is -0.390 e. The highest BCUT2D eigenvalue weighted by atomic mass is 32.2. The summed E-state index contributed by atoms with van der Waals surface area (Å²) in [5, 5.41) is 8.91. The molecule has 0 atom stereocenters. The number of nitrogens with zero attached hydrogens (tertiary/aromatic N) is 1. The van der Waals surface area contributed by atoms with Crippen molar-refractivity contribution < 1.29 is 17.9 Å². The molecule has 0 radical (unpaired) electrons. The van der Waals surface area contributed by atoms with Crippen molar-refractivity contribution in [2.24, 2.45) is 0 Å². The fraction of sp³-hybridized carbons (Fsp3) is 0.0833. The largest absolute Gasteiger partial charge is 0.390 e. The maximum Gasteiger partial charge on any atom is 0.209 e. The first-order valence-electron chi connectivity index (χ1n) is 5.11. The van der Waals surface area contributed by atoms with E-state index in [2.05, 4.69) is 4.98 Å². The van der Waals surface area contributed by atoms with Crippen molar-refractivity contribution >= 4 is 9.84 Å². The van der Waals surface area contributed by atoms with Gasteiger partial charge in [0, 0.05) is 0 Å². The van der Waals surface area contributed by atoms with Crippen LogP contribution in [0.25, 0.3) is 0 Å². The lowest BCUT2D eigenvalue weighted by Crippen LogP contribution is -2.06. The van der Waals surface area contributed by atoms with Crippen molar-refractivity contribution in [1.82, 2.24) is 4.98 Å².